The number of nitrogens with two attached hydrogens (primary N) is 2. The van der Waals surface area contributed by atoms with E-state index in [2.05, 4.69) is 23.6 Å². The van der Waals surface area contributed by atoms with Crippen LogP contribution in [0.2, 0.25) is 0 Å². The molecular formula is C12H28N4. The van der Waals surface area contributed by atoms with Gasteiger partial charge in [-0.25, -0.2) is 0 Å². The van der Waals surface area contributed by atoms with Crippen molar-refractivity contribution in [3.63, 3.8) is 0 Å². The maximum Gasteiger partial charge on any atom is 0.0195 e. The van der Waals surface area contributed by atoms with Gasteiger partial charge in [-0.2, -0.15) is 0 Å². The molecule has 16 heavy (non-hydrogen) atoms. The van der Waals surface area contributed by atoms with Crippen molar-refractivity contribution in [2.75, 3.05) is 39.3 Å². The fraction of sp³-hybridized carbons (Fsp3) is 1.00. The van der Waals surface area contributed by atoms with Crippen LogP contribution in [0.5, 0.6) is 0 Å². The monoisotopic (exact) mass is 228 g/mol. The molecule has 4 nitrogen and oxygen atoms in total. The average molecular weight is 228 g/mol. The van der Waals surface area contributed by atoms with E-state index in [1.165, 1.54) is 13.1 Å². The minimum Gasteiger partial charge on any atom is -0.330 e. The highest BCUT2D eigenvalue weighted by molar-refractivity contribution is 4.84. The van der Waals surface area contributed by atoms with Crippen LogP contribution in [-0.4, -0.2) is 61.2 Å². The van der Waals surface area contributed by atoms with E-state index in [4.69, 9.17) is 11.5 Å². The molecule has 0 saturated carbocycles. The van der Waals surface area contributed by atoms with Gasteiger partial charge in [0.05, 0.1) is 0 Å². The molecule has 4 N–H and O–H groups in total. The van der Waals surface area contributed by atoms with Crippen molar-refractivity contribution in [3.8, 4) is 0 Å². The fourth-order valence-corrected chi connectivity index (χ4v) is 2.48. The van der Waals surface area contributed by atoms with Crippen LogP contribution in [0.15, 0.2) is 0 Å². The molecule has 0 unspecified atom stereocenters. The molecule has 1 fully saturated rings. The summed E-state index contributed by atoms with van der Waals surface area (Å²) in [5.41, 5.74) is 11.1. The van der Waals surface area contributed by atoms with Crippen LogP contribution in [0.3, 0.4) is 0 Å². The second-order valence-corrected chi connectivity index (χ2v) is 4.97. The molecule has 2 atom stereocenters. The van der Waals surface area contributed by atoms with Gasteiger partial charge in [0.2, 0.25) is 0 Å². The van der Waals surface area contributed by atoms with Gasteiger partial charge in [-0.15, -0.1) is 0 Å². The summed E-state index contributed by atoms with van der Waals surface area (Å²) in [6.45, 7) is 10.9. The lowest BCUT2D eigenvalue weighted by Crippen LogP contribution is -2.56. The zero-order chi connectivity index (χ0) is 12.0. The van der Waals surface area contributed by atoms with Crippen molar-refractivity contribution in [2.24, 2.45) is 11.5 Å². The van der Waals surface area contributed by atoms with Gasteiger partial charge in [0, 0.05) is 25.2 Å². The Morgan fingerprint density at radius 2 is 1.25 bits per heavy atom. The van der Waals surface area contributed by atoms with Crippen LogP contribution in [0.25, 0.3) is 0 Å². The maximum absolute atomic E-state index is 5.57. The summed E-state index contributed by atoms with van der Waals surface area (Å²) in [7, 11) is 0. The minimum absolute atomic E-state index is 0.653. The first-order valence-electron chi connectivity index (χ1n) is 6.57. The van der Waals surface area contributed by atoms with Gasteiger partial charge >= 0.3 is 0 Å². The molecule has 0 aromatic carbocycles. The van der Waals surface area contributed by atoms with E-state index >= 15 is 0 Å². The van der Waals surface area contributed by atoms with E-state index in [1.807, 2.05) is 0 Å². The van der Waals surface area contributed by atoms with E-state index in [9.17, 15) is 0 Å². The minimum atomic E-state index is 0.653. The molecule has 96 valence electrons. The highest BCUT2D eigenvalue weighted by atomic mass is 15.3. The zero-order valence-electron chi connectivity index (χ0n) is 10.9. The van der Waals surface area contributed by atoms with Crippen molar-refractivity contribution < 1.29 is 0 Å². The summed E-state index contributed by atoms with van der Waals surface area (Å²) in [5.74, 6) is 0. The van der Waals surface area contributed by atoms with Crippen LogP contribution in [0.4, 0.5) is 0 Å². The number of nitrogens with zero attached hydrogens (tertiary/aromatic N) is 2. The normalized spacial score (nSPS) is 28.5. The number of hydrogen-bond donors (Lipinski definition) is 2. The summed E-state index contributed by atoms with van der Waals surface area (Å²) < 4.78 is 0. The first kappa shape index (κ1) is 13.9. The molecule has 0 aliphatic carbocycles. The topological polar surface area (TPSA) is 58.5 Å². The van der Waals surface area contributed by atoms with Gasteiger partial charge in [0.1, 0.15) is 0 Å². The Morgan fingerprint density at radius 1 is 0.875 bits per heavy atom. The Labute approximate surface area is 99.9 Å². The summed E-state index contributed by atoms with van der Waals surface area (Å²) in [6, 6.07) is 1.31. The molecule has 0 amide bonds. The lowest BCUT2D eigenvalue weighted by Gasteiger charge is -2.44. The molecular weight excluding hydrogens is 200 g/mol. The van der Waals surface area contributed by atoms with Crippen molar-refractivity contribution >= 4 is 0 Å². The number of hydrogen-bond acceptors (Lipinski definition) is 4. The number of rotatable bonds is 6. The first-order chi connectivity index (χ1) is 7.69. The predicted molar refractivity (Wildman–Crippen MR) is 69.4 cm³/mol. The highest BCUT2D eigenvalue weighted by Gasteiger charge is 2.27. The molecule has 1 aliphatic rings. The zero-order valence-corrected chi connectivity index (χ0v) is 10.9. The molecule has 0 bridgehead atoms. The van der Waals surface area contributed by atoms with Gasteiger partial charge in [-0.1, -0.05) is 0 Å². The molecule has 0 aromatic rings. The van der Waals surface area contributed by atoms with E-state index in [-0.39, 0.29) is 0 Å². The largest absolute Gasteiger partial charge is 0.330 e. The third-order valence-electron chi connectivity index (χ3n) is 3.54. The van der Waals surface area contributed by atoms with Gasteiger partial charge in [0.25, 0.3) is 0 Å². The Morgan fingerprint density at radius 3 is 1.56 bits per heavy atom. The molecule has 1 saturated heterocycles. The van der Waals surface area contributed by atoms with Crippen molar-refractivity contribution in [3.05, 3.63) is 0 Å². The van der Waals surface area contributed by atoms with Crippen LogP contribution >= 0.6 is 0 Å². The summed E-state index contributed by atoms with van der Waals surface area (Å²) in [5, 5.41) is 0. The molecule has 1 heterocycles. The van der Waals surface area contributed by atoms with Crippen molar-refractivity contribution in [1.29, 1.82) is 0 Å². The van der Waals surface area contributed by atoms with E-state index in [0.717, 1.165) is 39.0 Å². The second kappa shape index (κ2) is 7.22. The molecule has 4 heteroatoms. The van der Waals surface area contributed by atoms with E-state index in [1.54, 1.807) is 0 Å². The molecule has 0 spiro atoms. The molecule has 1 aliphatic heterocycles. The standard InChI is InChI=1S/C12H28N4/c1-11-9-16(8-4-6-14)12(2)10-15(11)7-3-5-13/h11-12H,3-10,13-14H2,1-2H3/t11-,12-/m1/s1. The summed E-state index contributed by atoms with van der Waals surface area (Å²) >= 11 is 0. The van der Waals surface area contributed by atoms with Gasteiger partial charge in [0.15, 0.2) is 0 Å². The Kier molecular flexibility index (Phi) is 6.28. The third kappa shape index (κ3) is 4.01. The fourth-order valence-electron chi connectivity index (χ4n) is 2.48. The quantitative estimate of drug-likeness (QED) is 0.676. The Bertz CT molecular complexity index is 166. The second-order valence-electron chi connectivity index (χ2n) is 4.97. The van der Waals surface area contributed by atoms with Crippen LogP contribution < -0.4 is 11.5 Å². The van der Waals surface area contributed by atoms with E-state index in [0.29, 0.717) is 12.1 Å². The average Bonchev–Trinajstić information content (AvgIpc) is 2.28. The van der Waals surface area contributed by atoms with Crippen LogP contribution in [-0.2, 0) is 0 Å². The predicted octanol–water partition coefficient (Wildman–Crippen LogP) is 0.0786. The van der Waals surface area contributed by atoms with Crippen molar-refractivity contribution in [1.82, 2.24) is 9.80 Å². The van der Waals surface area contributed by atoms with Crippen LogP contribution in [0.1, 0.15) is 26.7 Å². The molecule has 0 aromatic heterocycles. The third-order valence-corrected chi connectivity index (χ3v) is 3.54. The Balaban J connectivity index is 2.36. The summed E-state index contributed by atoms with van der Waals surface area (Å²) in [4.78, 5) is 5.13. The molecule has 0 radical (unpaired) electrons. The Hall–Kier alpha value is -0.160. The lowest BCUT2D eigenvalue weighted by atomic mass is 10.1. The maximum atomic E-state index is 5.57. The van der Waals surface area contributed by atoms with Gasteiger partial charge in [-0.05, 0) is 52.9 Å². The highest BCUT2D eigenvalue weighted by Crippen LogP contribution is 2.15. The van der Waals surface area contributed by atoms with Crippen LogP contribution in [0, 0.1) is 0 Å². The van der Waals surface area contributed by atoms with Crippen molar-refractivity contribution in [2.45, 2.75) is 38.8 Å². The number of piperazine rings is 1. The lowest BCUT2D eigenvalue weighted by molar-refractivity contribution is 0.0423. The van der Waals surface area contributed by atoms with Gasteiger partial charge in [-0.3, -0.25) is 9.80 Å². The van der Waals surface area contributed by atoms with Gasteiger partial charge < -0.3 is 11.5 Å². The summed E-state index contributed by atoms with van der Waals surface area (Å²) in [6.07, 6.45) is 2.22. The smallest absolute Gasteiger partial charge is 0.0195 e. The molecule has 1 rings (SSSR count). The SMILES string of the molecule is C[C@@H]1CN(CCCN)[C@H](C)CN1CCCN. The van der Waals surface area contributed by atoms with E-state index < -0.39 is 0 Å². The first-order valence-corrected chi connectivity index (χ1v) is 6.57.